The number of fused-ring (bicyclic) bond motifs is 2. The highest BCUT2D eigenvalue weighted by Gasteiger charge is 2.41. The second-order valence-electron chi connectivity index (χ2n) is 18.8. The van der Waals surface area contributed by atoms with Crippen molar-refractivity contribution in [2.45, 2.75) is 131 Å². The van der Waals surface area contributed by atoms with E-state index in [1.54, 1.807) is 54.7 Å². The van der Waals surface area contributed by atoms with E-state index in [0.29, 0.717) is 24.8 Å². The quantitative estimate of drug-likeness (QED) is 0.0475. The number of aliphatic imine (C=N–C) groups is 1. The molecule has 0 unspecified atom stereocenters. The Hall–Kier alpha value is -6.80. The highest BCUT2D eigenvalue weighted by atomic mass is 32.2. The summed E-state index contributed by atoms with van der Waals surface area (Å²) < 4.78 is 29.9. The second-order valence-corrected chi connectivity index (χ2v) is 20.5. The van der Waals surface area contributed by atoms with Crippen LogP contribution in [0.5, 0.6) is 0 Å². The minimum absolute atomic E-state index is 0.00903. The van der Waals surface area contributed by atoms with Crippen LogP contribution in [0, 0.1) is 5.92 Å². The van der Waals surface area contributed by atoms with Crippen molar-refractivity contribution in [1.29, 1.82) is 0 Å². The fourth-order valence-corrected chi connectivity index (χ4v) is 11.1. The number of carbonyl (C=O) groups excluding carboxylic acids is 6. The van der Waals surface area contributed by atoms with Crippen molar-refractivity contribution >= 4 is 62.3 Å². The van der Waals surface area contributed by atoms with Crippen molar-refractivity contribution in [1.82, 2.24) is 41.2 Å². The zero-order valence-corrected chi connectivity index (χ0v) is 40.8. The molecule has 6 amide bonds. The van der Waals surface area contributed by atoms with Crippen LogP contribution in [0.2, 0.25) is 0 Å². The number of hydrogen-bond acceptors (Lipinski definition) is 9. The van der Waals surface area contributed by atoms with Crippen LogP contribution >= 0.6 is 0 Å². The minimum Gasteiger partial charge on any atom is -0.370 e. The Morgan fingerprint density at radius 1 is 0.746 bits per heavy atom. The molecule has 71 heavy (non-hydrogen) atoms. The molecule has 0 bridgehead atoms. The summed E-state index contributed by atoms with van der Waals surface area (Å²) in [6, 6.07) is 17.1. The number of nitrogens with one attached hydrogen (secondary N) is 7. The maximum absolute atomic E-state index is 14.8. The molecule has 3 aromatic carbocycles. The Balaban J connectivity index is 1.20. The van der Waals surface area contributed by atoms with Crippen LogP contribution in [-0.4, -0.2) is 116 Å². The number of aromatic amines is 1. The summed E-state index contributed by atoms with van der Waals surface area (Å²) in [6.45, 7) is 0.366. The number of nitrogens with zero attached hydrogens (tertiary/aromatic N) is 2. The molecule has 1 aromatic heterocycles. The average molecular weight is 994 g/mol. The van der Waals surface area contributed by atoms with Gasteiger partial charge in [0.05, 0.1) is 4.90 Å². The molecule has 380 valence electrons. The van der Waals surface area contributed by atoms with E-state index in [9.17, 15) is 37.2 Å². The molecule has 6 atom stereocenters. The molecule has 0 spiro atoms. The van der Waals surface area contributed by atoms with Gasteiger partial charge in [0.15, 0.2) is 5.96 Å². The maximum atomic E-state index is 14.8. The molecular formula is C51H67N11O8S. The summed E-state index contributed by atoms with van der Waals surface area (Å²) in [6.07, 6.45) is 8.16. The number of sulfonamides is 1. The number of benzene rings is 3. The predicted molar refractivity (Wildman–Crippen MR) is 269 cm³/mol. The summed E-state index contributed by atoms with van der Waals surface area (Å²) in [5, 5.41) is 15.4. The molecule has 1 saturated carbocycles. The van der Waals surface area contributed by atoms with Gasteiger partial charge in [-0.1, -0.05) is 98.8 Å². The Morgan fingerprint density at radius 2 is 1.42 bits per heavy atom. The van der Waals surface area contributed by atoms with Crippen LogP contribution < -0.4 is 42.8 Å². The SMILES string of the molecule is NC(N)=NCCC[C@@H]1NC(=O)[C@H](Cc2c[nH]c3ccccc23)NC(=O)[C@@H](CC2CCCCC2)NC(=O)[C@@H]2CCCN2C(=O)[C@@H](NC(=O)[C@H](Cc2ccccc2)NS(=O)(=O)c2ccccc2)CCCNC1=O. The Labute approximate surface area is 414 Å². The van der Waals surface area contributed by atoms with Gasteiger partial charge in [-0.05, 0) is 86.6 Å². The molecule has 19 nitrogen and oxygen atoms in total. The molecule has 3 aliphatic rings. The monoisotopic (exact) mass is 993 g/mol. The zero-order valence-electron chi connectivity index (χ0n) is 39.9. The van der Waals surface area contributed by atoms with Gasteiger partial charge < -0.3 is 47.9 Å². The zero-order chi connectivity index (χ0) is 50.3. The van der Waals surface area contributed by atoms with E-state index in [1.807, 2.05) is 24.3 Å². The first kappa shape index (κ1) is 52.0. The fourth-order valence-electron chi connectivity index (χ4n) is 9.87. The summed E-state index contributed by atoms with van der Waals surface area (Å²) in [5.41, 5.74) is 13.4. The number of guanidine groups is 1. The lowest BCUT2D eigenvalue weighted by molar-refractivity contribution is -0.142. The van der Waals surface area contributed by atoms with Gasteiger partial charge in [-0.2, -0.15) is 4.72 Å². The molecular weight excluding hydrogens is 927 g/mol. The van der Waals surface area contributed by atoms with Crippen LogP contribution in [0.1, 0.15) is 88.2 Å². The summed E-state index contributed by atoms with van der Waals surface area (Å²) in [7, 11) is -4.22. The molecule has 11 N–H and O–H groups in total. The number of nitrogens with two attached hydrogens (primary N) is 2. The standard InChI is InChI=1S/C51H67N11O8S/c52-51(53)55-27-12-23-39-45(63)54-26-13-24-40(58-48(66)43(30-34-17-6-2-7-18-34)61-71(69,70)36-19-8-3-9-20-36)50(68)62-28-14-25-44(62)49(67)60-41(29-33-15-4-1-5-16-33)46(64)59-42(47(65)57-39)31-35-32-56-38-22-11-10-21-37(35)38/h2-3,6-11,17-22,32-33,39-44,56,61H,1,4-5,12-16,23-31H2,(H,54,63)(H,57,65)(H,58,66)(H,59,64)(H,60,67)(H4,52,53,55)/t39-,40-,41+,42-,43-,44-/m0/s1. The van der Waals surface area contributed by atoms with Gasteiger partial charge in [-0.3, -0.25) is 33.8 Å². The van der Waals surface area contributed by atoms with Crippen LogP contribution in [0.4, 0.5) is 0 Å². The summed E-state index contributed by atoms with van der Waals surface area (Å²) in [5.74, 6) is -3.62. The van der Waals surface area contributed by atoms with Gasteiger partial charge in [-0.15, -0.1) is 0 Å². The number of hydrogen-bond donors (Lipinski definition) is 9. The van der Waals surface area contributed by atoms with Crippen molar-refractivity contribution in [2.24, 2.45) is 22.4 Å². The first-order valence-corrected chi connectivity index (χ1v) is 26.3. The lowest BCUT2D eigenvalue weighted by atomic mass is 9.84. The highest BCUT2D eigenvalue weighted by molar-refractivity contribution is 7.89. The van der Waals surface area contributed by atoms with E-state index < -0.39 is 81.7 Å². The van der Waals surface area contributed by atoms with Crippen molar-refractivity contribution in [3.8, 4) is 0 Å². The fraction of sp³-hybridized carbons (Fsp3) is 0.471. The number of aromatic nitrogens is 1. The predicted octanol–water partition coefficient (Wildman–Crippen LogP) is 2.16. The smallest absolute Gasteiger partial charge is 0.245 e. The molecule has 1 aliphatic carbocycles. The largest absolute Gasteiger partial charge is 0.370 e. The third-order valence-corrected chi connectivity index (χ3v) is 15.1. The number of amides is 6. The van der Waals surface area contributed by atoms with Crippen LogP contribution in [-0.2, 0) is 51.6 Å². The van der Waals surface area contributed by atoms with E-state index in [1.165, 1.54) is 17.0 Å². The lowest BCUT2D eigenvalue weighted by Gasteiger charge is -2.32. The first-order chi connectivity index (χ1) is 34.3. The number of H-pyrrole nitrogens is 1. The lowest BCUT2D eigenvalue weighted by Crippen LogP contribution is -2.60. The van der Waals surface area contributed by atoms with E-state index in [4.69, 9.17) is 11.5 Å². The van der Waals surface area contributed by atoms with E-state index in [-0.39, 0.29) is 74.9 Å². The molecule has 2 saturated heterocycles. The topological polar surface area (TPSA) is 292 Å². The number of carbonyl (C=O) groups is 6. The minimum atomic E-state index is -4.22. The normalized spacial score (nSPS) is 22.7. The van der Waals surface area contributed by atoms with Gasteiger partial charge in [0.25, 0.3) is 0 Å². The van der Waals surface area contributed by atoms with Crippen LogP contribution in [0.25, 0.3) is 10.9 Å². The van der Waals surface area contributed by atoms with Gasteiger partial charge in [-0.25, -0.2) is 8.42 Å². The molecule has 4 aromatic rings. The molecule has 2 aliphatic heterocycles. The summed E-state index contributed by atoms with van der Waals surface area (Å²) in [4.78, 5) is 95.8. The number of rotatable bonds is 15. The average Bonchev–Trinajstić information content (AvgIpc) is 4.03. The number of para-hydroxylation sites is 1. The van der Waals surface area contributed by atoms with Gasteiger partial charge in [0.2, 0.25) is 45.5 Å². The van der Waals surface area contributed by atoms with Gasteiger partial charge in [0.1, 0.15) is 36.3 Å². The van der Waals surface area contributed by atoms with E-state index in [0.717, 1.165) is 48.6 Å². The van der Waals surface area contributed by atoms with Crippen LogP contribution in [0.15, 0.2) is 101 Å². The van der Waals surface area contributed by atoms with Crippen molar-refractivity contribution in [3.05, 3.63) is 102 Å². The van der Waals surface area contributed by atoms with E-state index >= 15 is 0 Å². The Kier molecular flexibility index (Phi) is 18.2. The van der Waals surface area contributed by atoms with Crippen molar-refractivity contribution in [3.63, 3.8) is 0 Å². The molecule has 7 rings (SSSR count). The Bertz CT molecular complexity index is 2620. The van der Waals surface area contributed by atoms with Crippen molar-refractivity contribution in [2.75, 3.05) is 19.6 Å². The summed E-state index contributed by atoms with van der Waals surface area (Å²) >= 11 is 0. The molecule has 3 heterocycles. The second kappa shape index (κ2) is 24.8. The third kappa shape index (κ3) is 14.4. The van der Waals surface area contributed by atoms with Gasteiger partial charge >= 0.3 is 0 Å². The molecule has 0 radical (unpaired) electrons. The highest BCUT2D eigenvalue weighted by Crippen LogP contribution is 2.29. The van der Waals surface area contributed by atoms with Gasteiger partial charge in [0, 0.05) is 43.2 Å². The molecule has 20 heteroatoms. The third-order valence-electron chi connectivity index (χ3n) is 13.6. The van der Waals surface area contributed by atoms with E-state index in [2.05, 4.69) is 41.3 Å². The van der Waals surface area contributed by atoms with Crippen molar-refractivity contribution < 1.29 is 37.2 Å². The molecule has 3 fully saturated rings. The first-order valence-electron chi connectivity index (χ1n) is 24.8. The van der Waals surface area contributed by atoms with Crippen LogP contribution in [0.3, 0.4) is 0 Å². The maximum Gasteiger partial charge on any atom is 0.245 e. The Morgan fingerprint density at radius 3 is 2.17 bits per heavy atom.